The molecule has 0 aliphatic carbocycles. The summed E-state index contributed by atoms with van der Waals surface area (Å²) in [6.07, 6.45) is 3.45. The maximum Gasteiger partial charge on any atom is 0.124 e. The topological polar surface area (TPSA) is 40.7 Å². The zero-order chi connectivity index (χ0) is 14.7. The van der Waals surface area contributed by atoms with Crippen LogP contribution in [0.4, 0.5) is 10.1 Å². The Bertz CT molecular complexity index is 724. The van der Waals surface area contributed by atoms with Crippen LogP contribution in [0.5, 0.6) is 0 Å². The van der Waals surface area contributed by atoms with Crippen molar-refractivity contribution in [2.75, 3.05) is 5.32 Å². The van der Waals surface area contributed by atoms with E-state index in [1.165, 1.54) is 12.1 Å². The molecule has 0 fully saturated rings. The zero-order valence-electron chi connectivity index (χ0n) is 11.1. The molecule has 0 saturated carbocycles. The summed E-state index contributed by atoms with van der Waals surface area (Å²) in [7, 11) is 0. The third kappa shape index (κ3) is 3.31. The standard InChI is InChI=1S/C16H13BrFN3/c17-15-7-13(18)4-1-12(15)8-20-14-5-2-11(3-6-14)16-9-19-10-21-16/h1-7,9-10,20H,8H2,(H,19,21). The molecule has 0 aliphatic heterocycles. The quantitative estimate of drug-likeness (QED) is 0.725. The van der Waals surface area contributed by atoms with Crippen LogP contribution in [0.1, 0.15) is 5.56 Å². The summed E-state index contributed by atoms with van der Waals surface area (Å²) >= 11 is 3.37. The number of aromatic nitrogens is 2. The molecule has 3 aromatic rings. The minimum atomic E-state index is -0.241. The fourth-order valence-corrected chi connectivity index (χ4v) is 2.53. The molecule has 0 saturated heterocycles. The van der Waals surface area contributed by atoms with Crippen molar-refractivity contribution in [1.82, 2.24) is 9.97 Å². The molecule has 3 rings (SSSR count). The zero-order valence-corrected chi connectivity index (χ0v) is 12.7. The van der Waals surface area contributed by atoms with E-state index in [0.717, 1.165) is 27.0 Å². The fraction of sp³-hybridized carbons (Fsp3) is 0.0625. The predicted molar refractivity (Wildman–Crippen MR) is 85.5 cm³/mol. The highest BCUT2D eigenvalue weighted by molar-refractivity contribution is 9.10. The Morgan fingerprint density at radius 1 is 1.14 bits per heavy atom. The van der Waals surface area contributed by atoms with Gasteiger partial charge in [-0.1, -0.05) is 34.1 Å². The molecule has 0 atom stereocenters. The fourth-order valence-electron chi connectivity index (χ4n) is 2.04. The lowest BCUT2D eigenvalue weighted by Crippen LogP contribution is -2.00. The van der Waals surface area contributed by atoms with Gasteiger partial charge in [0.2, 0.25) is 0 Å². The first-order valence-electron chi connectivity index (χ1n) is 6.49. The molecular formula is C16H13BrFN3. The first-order valence-corrected chi connectivity index (χ1v) is 7.28. The first kappa shape index (κ1) is 13.8. The van der Waals surface area contributed by atoms with E-state index in [9.17, 15) is 4.39 Å². The van der Waals surface area contributed by atoms with E-state index < -0.39 is 0 Å². The summed E-state index contributed by atoms with van der Waals surface area (Å²) in [6.45, 7) is 0.629. The van der Waals surface area contributed by atoms with Crippen LogP contribution in [0.15, 0.2) is 59.5 Å². The molecule has 1 aromatic heterocycles. The van der Waals surface area contributed by atoms with Crippen LogP contribution in [-0.4, -0.2) is 9.97 Å². The number of rotatable bonds is 4. The Balaban J connectivity index is 1.68. The number of aromatic amines is 1. The summed E-state index contributed by atoms with van der Waals surface area (Å²) in [5, 5.41) is 3.32. The molecular weight excluding hydrogens is 333 g/mol. The summed E-state index contributed by atoms with van der Waals surface area (Å²) in [5.41, 5.74) is 4.09. The monoisotopic (exact) mass is 345 g/mol. The van der Waals surface area contributed by atoms with E-state index >= 15 is 0 Å². The maximum atomic E-state index is 13.0. The van der Waals surface area contributed by atoms with Gasteiger partial charge in [0.05, 0.1) is 18.2 Å². The van der Waals surface area contributed by atoms with E-state index in [-0.39, 0.29) is 5.82 Å². The van der Waals surface area contributed by atoms with Crippen molar-refractivity contribution in [3.63, 3.8) is 0 Å². The lowest BCUT2D eigenvalue weighted by Gasteiger charge is -2.09. The average molecular weight is 346 g/mol. The van der Waals surface area contributed by atoms with Gasteiger partial charge in [-0.2, -0.15) is 0 Å². The Morgan fingerprint density at radius 3 is 2.62 bits per heavy atom. The Kier molecular flexibility index (Phi) is 4.01. The lowest BCUT2D eigenvalue weighted by molar-refractivity contribution is 0.626. The largest absolute Gasteiger partial charge is 0.381 e. The first-order chi connectivity index (χ1) is 10.2. The van der Waals surface area contributed by atoms with Gasteiger partial charge in [0.1, 0.15) is 5.82 Å². The van der Waals surface area contributed by atoms with Crippen molar-refractivity contribution >= 4 is 21.6 Å². The number of halogens is 2. The highest BCUT2D eigenvalue weighted by Gasteiger charge is 2.02. The van der Waals surface area contributed by atoms with Crippen LogP contribution in [0.25, 0.3) is 11.3 Å². The van der Waals surface area contributed by atoms with Crippen LogP contribution in [0, 0.1) is 5.82 Å². The summed E-state index contributed by atoms with van der Waals surface area (Å²) in [5.74, 6) is -0.241. The van der Waals surface area contributed by atoms with Gasteiger partial charge in [0.15, 0.2) is 0 Å². The van der Waals surface area contributed by atoms with E-state index in [1.54, 1.807) is 18.6 Å². The maximum absolute atomic E-state index is 13.0. The number of anilines is 1. The Morgan fingerprint density at radius 2 is 1.95 bits per heavy atom. The average Bonchev–Trinajstić information content (AvgIpc) is 3.01. The van der Waals surface area contributed by atoms with Crippen LogP contribution >= 0.6 is 15.9 Å². The highest BCUT2D eigenvalue weighted by Crippen LogP contribution is 2.21. The summed E-state index contributed by atoms with van der Waals surface area (Å²) in [4.78, 5) is 7.08. The molecule has 1 heterocycles. The van der Waals surface area contributed by atoms with Crippen molar-refractivity contribution in [3.05, 3.63) is 70.8 Å². The van der Waals surface area contributed by atoms with Crippen molar-refractivity contribution in [3.8, 4) is 11.3 Å². The minimum absolute atomic E-state index is 0.241. The molecule has 3 nitrogen and oxygen atoms in total. The molecule has 5 heteroatoms. The van der Waals surface area contributed by atoms with Gasteiger partial charge >= 0.3 is 0 Å². The number of hydrogen-bond acceptors (Lipinski definition) is 2. The van der Waals surface area contributed by atoms with Gasteiger partial charge in [-0.05, 0) is 35.4 Å². The Hall–Kier alpha value is -2.14. The Labute approximate surface area is 130 Å². The van der Waals surface area contributed by atoms with Crippen LogP contribution < -0.4 is 5.32 Å². The normalized spacial score (nSPS) is 10.6. The molecule has 0 radical (unpaired) electrons. The molecule has 2 N–H and O–H groups in total. The van der Waals surface area contributed by atoms with E-state index in [1.807, 2.05) is 24.3 Å². The third-order valence-corrected chi connectivity index (χ3v) is 3.93. The molecule has 0 aliphatic rings. The highest BCUT2D eigenvalue weighted by atomic mass is 79.9. The van der Waals surface area contributed by atoms with Crippen molar-refractivity contribution in [2.45, 2.75) is 6.54 Å². The molecule has 2 aromatic carbocycles. The minimum Gasteiger partial charge on any atom is -0.381 e. The van der Waals surface area contributed by atoms with E-state index in [2.05, 4.69) is 31.2 Å². The number of hydrogen-bond donors (Lipinski definition) is 2. The molecule has 0 amide bonds. The molecule has 21 heavy (non-hydrogen) atoms. The van der Waals surface area contributed by atoms with Gasteiger partial charge in [0, 0.05) is 16.7 Å². The van der Waals surface area contributed by atoms with Gasteiger partial charge in [0.25, 0.3) is 0 Å². The summed E-state index contributed by atoms with van der Waals surface area (Å²) in [6, 6.07) is 12.8. The number of imidazole rings is 1. The van der Waals surface area contributed by atoms with E-state index in [0.29, 0.717) is 6.54 Å². The third-order valence-electron chi connectivity index (χ3n) is 3.19. The van der Waals surface area contributed by atoms with Crippen LogP contribution in [-0.2, 0) is 6.54 Å². The van der Waals surface area contributed by atoms with Crippen LogP contribution in [0.2, 0.25) is 0 Å². The molecule has 0 unspecified atom stereocenters. The smallest absolute Gasteiger partial charge is 0.124 e. The van der Waals surface area contributed by atoms with Crippen molar-refractivity contribution in [1.29, 1.82) is 0 Å². The van der Waals surface area contributed by atoms with Gasteiger partial charge in [-0.15, -0.1) is 0 Å². The second-order valence-electron chi connectivity index (χ2n) is 4.63. The molecule has 106 valence electrons. The second-order valence-corrected chi connectivity index (χ2v) is 5.49. The van der Waals surface area contributed by atoms with Crippen LogP contribution in [0.3, 0.4) is 0 Å². The van der Waals surface area contributed by atoms with Crippen molar-refractivity contribution < 1.29 is 4.39 Å². The number of H-pyrrole nitrogens is 1. The van der Waals surface area contributed by atoms with Crippen molar-refractivity contribution in [2.24, 2.45) is 0 Å². The number of nitrogens with zero attached hydrogens (tertiary/aromatic N) is 1. The summed E-state index contributed by atoms with van der Waals surface area (Å²) < 4.78 is 13.8. The van der Waals surface area contributed by atoms with Gasteiger partial charge in [-0.25, -0.2) is 9.37 Å². The second kappa shape index (κ2) is 6.10. The lowest BCUT2D eigenvalue weighted by atomic mass is 10.1. The SMILES string of the molecule is Fc1ccc(CNc2ccc(-c3cnc[nH]3)cc2)c(Br)c1. The number of benzene rings is 2. The number of nitrogens with one attached hydrogen (secondary N) is 2. The van der Waals surface area contributed by atoms with Gasteiger partial charge < -0.3 is 10.3 Å². The van der Waals surface area contributed by atoms with E-state index in [4.69, 9.17) is 0 Å². The molecule has 0 spiro atoms. The van der Waals surface area contributed by atoms with Gasteiger partial charge in [-0.3, -0.25) is 0 Å². The molecule has 0 bridgehead atoms. The predicted octanol–water partition coefficient (Wildman–Crippen LogP) is 4.59.